The summed E-state index contributed by atoms with van der Waals surface area (Å²) in [4.78, 5) is 9.22. The Kier molecular flexibility index (Phi) is 9.25. The number of hydrogen-bond acceptors (Lipinski definition) is 8. The van der Waals surface area contributed by atoms with E-state index in [0.29, 0.717) is 34.5 Å². The van der Waals surface area contributed by atoms with Crippen LogP contribution in [0, 0.1) is 0 Å². The maximum atomic E-state index is 5.48. The van der Waals surface area contributed by atoms with Gasteiger partial charge in [-0.2, -0.15) is 0 Å². The van der Waals surface area contributed by atoms with Crippen molar-refractivity contribution in [3.05, 3.63) is 83.9 Å². The highest BCUT2D eigenvalue weighted by Gasteiger charge is 2.11. The Morgan fingerprint density at radius 2 is 0.700 bits per heavy atom. The first-order chi connectivity index (χ1) is 19.5. The van der Waals surface area contributed by atoms with E-state index in [1.165, 1.54) is 0 Å². The van der Waals surface area contributed by atoms with Crippen molar-refractivity contribution in [2.24, 2.45) is 9.98 Å². The third-order valence-corrected chi connectivity index (χ3v) is 6.25. The zero-order valence-corrected chi connectivity index (χ0v) is 23.4. The van der Waals surface area contributed by atoms with Gasteiger partial charge >= 0.3 is 0 Å². The lowest BCUT2D eigenvalue weighted by Gasteiger charge is -2.11. The van der Waals surface area contributed by atoms with Crippen molar-refractivity contribution in [2.45, 2.75) is 0 Å². The van der Waals surface area contributed by atoms with Crippen molar-refractivity contribution in [2.75, 3.05) is 42.7 Å². The Hall–Kier alpha value is -4.98. The number of nitrogens with zero attached hydrogens (tertiary/aromatic N) is 2. The minimum atomic E-state index is 0.596. The molecule has 0 unspecified atom stereocenters. The summed E-state index contributed by atoms with van der Waals surface area (Å²) in [5, 5.41) is 0. The smallest absolute Gasteiger partial charge is 0.164 e. The largest absolute Gasteiger partial charge is 0.496 e. The highest BCUT2D eigenvalue weighted by atomic mass is 16.5. The minimum absolute atomic E-state index is 0.596. The molecule has 4 aromatic carbocycles. The lowest BCUT2D eigenvalue weighted by Crippen LogP contribution is -1.96. The summed E-state index contributed by atoms with van der Waals surface area (Å²) in [6.45, 7) is 0. The van der Waals surface area contributed by atoms with Crippen LogP contribution >= 0.6 is 0 Å². The van der Waals surface area contributed by atoms with Gasteiger partial charge < -0.3 is 28.4 Å². The maximum absolute atomic E-state index is 5.48. The summed E-state index contributed by atoms with van der Waals surface area (Å²) in [5.41, 5.74) is 5.33. The molecule has 4 rings (SSSR count). The Morgan fingerprint density at radius 1 is 0.400 bits per heavy atom. The van der Waals surface area contributed by atoms with Crippen LogP contribution < -0.4 is 28.4 Å². The topological polar surface area (TPSA) is 80.1 Å². The van der Waals surface area contributed by atoms with E-state index in [1.807, 2.05) is 60.7 Å². The van der Waals surface area contributed by atoms with Crippen molar-refractivity contribution in [1.29, 1.82) is 0 Å². The van der Waals surface area contributed by atoms with E-state index in [2.05, 4.69) is 9.98 Å². The number of hydrogen-bond donors (Lipinski definition) is 0. The molecule has 8 nitrogen and oxygen atoms in total. The van der Waals surface area contributed by atoms with Gasteiger partial charge in [0.2, 0.25) is 0 Å². The fraction of sp³-hybridized carbons (Fsp3) is 0.188. The zero-order valence-electron chi connectivity index (χ0n) is 23.4. The summed E-state index contributed by atoms with van der Waals surface area (Å²) >= 11 is 0. The van der Waals surface area contributed by atoms with Crippen LogP contribution in [0.2, 0.25) is 0 Å². The second-order valence-corrected chi connectivity index (χ2v) is 8.51. The molecule has 0 saturated carbocycles. The van der Waals surface area contributed by atoms with Gasteiger partial charge in [0.25, 0.3) is 0 Å². The molecule has 0 bridgehead atoms. The summed E-state index contributed by atoms with van der Waals surface area (Å²) in [6.07, 6.45) is 3.49. The van der Waals surface area contributed by atoms with Crippen LogP contribution in [-0.4, -0.2) is 55.1 Å². The van der Waals surface area contributed by atoms with Crippen molar-refractivity contribution in [3.63, 3.8) is 0 Å². The van der Waals surface area contributed by atoms with Gasteiger partial charge in [0, 0.05) is 35.7 Å². The van der Waals surface area contributed by atoms with E-state index in [-0.39, 0.29) is 0 Å². The van der Waals surface area contributed by atoms with Gasteiger partial charge in [0.05, 0.1) is 54.0 Å². The molecule has 0 aromatic heterocycles. The molecular formula is C32H32N2O6. The molecule has 0 spiro atoms. The van der Waals surface area contributed by atoms with Crippen molar-refractivity contribution >= 4 is 23.8 Å². The van der Waals surface area contributed by atoms with Crippen LogP contribution in [0.5, 0.6) is 34.5 Å². The predicted octanol–water partition coefficient (Wildman–Crippen LogP) is 6.91. The molecule has 0 amide bonds. The van der Waals surface area contributed by atoms with Gasteiger partial charge in [-0.25, -0.2) is 0 Å². The Labute approximate surface area is 234 Å². The minimum Gasteiger partial charge on any atom is -0.496 e. The van der Waals surface area contributed by atoms with Gasteiger partial charge in [0.15, 0.2) is 23.0 Å². The standard InChI is InChI=1S/C32H32N2O6/c1-35-27-17-31(39-5)29(37-3)15-23(27)19-33-25-11-7-21(8-12-25)22-9-13-26(14-10-22)34-20-24-16-30(38-4)32(40-6)18-28(24)36-2/h7-20H,1-6H3. The van der Waals surface area contributed by atoms with Crippen LogP contribution in [-0.2, 0) is 0 Å². The molecule has 0 aliphatic carbocycles. The van der Waals surface area contributed by atoms with E-state index in [1.54, 1.807) is 67.2 Å². The Balaban J connectivity index is 1.48. The summed E-state index contributed by atoms with van der Waals surface area (Å²) in [5.74, 6) is 3.69. The van der Waals surface area contributed by atoms with E-state index < -0.39 is 0 Å². The van der Waals surface area contributed by atoms with Crippen LogP contribution in [0.25, 0.3) is 11.1 Å². The number of rotatable bonds is 11. The van der Waals surface area contributed by atoms with E-state index in [9.17, 15) is 0 Å². The average Bonchev–Trinajstić information content (AvgIpc) is 3.02. The summed E-state index contributed by atoms with van der Waals surface area (Å²) < 4.78 is 32.5. The first-order valence-corrected chi connectivity index (χ1v) is 12.4. The quantitative estimate of drug-likeness (QED) is 0.192. The number of aliphatic imine (C=N–C) groups is 2. The molecule has 40 heavy (non-hydrogen) atoms. The lowest BCUT2D eigenvalue weighted by atomic mass is 10.1. The Bertz CT molecular complexity index is 1380. The van der Waals surface area contributed by atoms with Gasteiger partial charge in [-0.3, -0.25) is 9.98 Å². The molecule has 0 radical (unpaired) electrons. The molecule has 4 aromatic rings. The molecule has 0 aliphatic rings. The van der Waals surface area contributed by atoms with E-state index in [0.717, 1.165) is 33.6 Å². The molecular weight excluding hydrogens is 508 g/mol. The first kappa shape index (κ1) is 28.0. The van der Waals surface area contributed by atoms with E-state index >= 15 is 0 Å². The van der Waals surface area contributed by atoms with Gasteiger partial charge in [-0.15, -0.1) is 0 Å². The molecule has 0 saturated heterocycles. The molecule has 0 N–H and O–H groups in total. The van der Waals surface area contributed by atoms with Gasteiger partial charge in [0.1, 0.15) is 11.5 Å². The number of ether oxygens (including phenoxy) is 6. The first-order valence-electron chi connectivity index (χ1n) is 12.4. The van der Waals surface area contributed by atoms with Crippen LogP contribution in [0.4, 0.5) is 11.4 Å². The zero-order chi connectivity index (χ0) is 28.5. The molecule has 0 aliphatic heterocycles. The fourth-order valence-corrected chi connectivity index (χ4v) is 4.08. The molecule has 0 heterocycles. The monoisotopic (exact) mass is 540 g/mol. The maximum Gasteiger partial charge on any atom is 0.164 e. The van der Waals surface area contributed by atoms with Crippen LogP contribution in [0.1, 0.15) is 11.1 Å². The Morgan fingerprint density at radius 3 is 1.00 bits per heavy atom. The predicted molar refractivity (Wildman–Crippen MR) is 159 cm³/mol. The van der Waals surface area contributed by atoms with Crippen molar-refractivity contribution in [1.82, 2.24) is 0 Å². The van der Waals surface area contributed by atoms with Crippen molar-refractivity contribution in [3.8, 4) is 45.6 Å². The third kappa shape index (κ3) is 6.35. The average molecular weight is 541 g/mol. The van der Waals surface area contributed by atoms with Gasteiger partial charge in [-0.05, 0) is 47.5 Å². The highest BCUT2D eigenvalue weighted by molar-refractivity contribution is 5.88. The molecule has 0 fully saturated rings. The molecule has 206 valence electrons. The second-order valence-electron chi connectivity index (χ2n) is 8.51. The summed E-state index contributed by atoms with van der Waals surface area (Å²) in [7, 11) is 9.58. The van der Waals surface area contributed by atoms with Crippen molar-refractivity contribution < 1.29 is 28.4 Å². The SMILES string of the molecule is COc1cc(OC)c(OC)cc1C=Nc1ccc(-c2ccc(N=Cc3cc(OC)c(OC)cc3OC)cc2)cc1. The second kappa shape index (κ2) is 13.2. The fourth-order valence-electron chi connectivity index (χ4n) is 4.08. The molecule has 0 atom stereocenters. The summed E-state index contributed by atoms with van der Waals surface area (Å²) in [6, 6.07) is 23.2. The highest BCUT2D eigenvalue weighted by Crippen LogP contribution is 2.35. The van der Waals surface area contributed by atoms with Crippen LogP contribution in [0.3, 0.4) is 0 Å². The van der Waals surface area contributed by atoms with Gasteiger partial charge in [-0.1, -0.05) is 24.3 Å². The number of methoxy groups -OCH3 is 6. The lowest BCUT2D eigenvalue weighted by molar-refractivity contribution is 0.349. The normalized spacial score (nSPS) is 11.1. The molecule has 8 heteroatoms. The third-order valence-electron chi connectivity index (χ3n) is 6.25. The number of benzene rings is 4. The van der Waals surface area contributed by atoms with Crippen LogP contribution in [0.15, 0.2) is 82.8 Å². The van der Waals surface area contributed by atoms with E-state index in [4.69, 9.17) is 28.4 Å².